The number of para-hydroxylation sites is 2. The van der Waals surface area contributed by atoms with Gasteiger partial charge in [0.2, 0.25) is 0 Å². The molecule has 0 aliphatic carbocycles. The molecule has 0 aromatic heterocycles. The largest absolute Gasteiger partial charge is 0.506 e. The van der Waals surface area contributed by atoms with Gasteiger partial charge in [-0.25, -0.2) is 0 Å². The van der Waals surface area contributed by atoms with Gasteiger partial charge in [-0.3, -0.25) is 0 Å². The molecule has 3 heteroatoms. The minimum atomic E-state index is 0.374. The third kappa shape index (κ3) is 2.07. The van der Waals surface area contributed by atoms with Gasteiger partial charge in [-0.05, 0) is 26.0 Å². The Morgan fingerprint density at radius 1 is 1.33 bits per heavy atom. The topological polar surface area (TPSA) is 35.5 Å². The van der Waals surface area contributed by atoms with Crippen molar-refractivity contribution in [2.75, 3.05) is 18.0 Å². The fourth-order valence-electron chi connectivity index (χ4n) is 2.06. The average Bonchev–Trinajstić information content (AvgIpc) is 2.23. The number of hydrogen-bond acceptors (Lipinski definition) is 3. The Labute approximate surface area is 90.7 Å². The zero-order chi connectivity index (χ0) is 10.8. The molecule has 1 fully saturated rings. The zero-order valence-electron chi connectivity index (χ0n) is 9.27. The van der Waals surface area contributed by atoms with Gasteiger partial charge in [0.1, 0.15) is 5.75 Å². The van der Waals surface area contributed by atoms with Crippen LogP contribution < -0.4 is 10.2 Å². The Hall–Kier alpha value is -1.22. The molecule has 0 radical (unpaired) electrons. The summed E-state index contributed by atoms with van der Waals surface area (Å²) >= 11 is 0. The highest BCUT2D eigenvalue weighted by molar-refractivity contribution is 5.58. The van der Waals surface area contributed by atoms with Gasteiger partial charge in [0.25, 0.3) is 0 Å². The third-order valence-corrected chi connectivity index (χ3v) is 2.96. The molecular weight excluding hydrogens is 188 g/mol. The summed E-state index contributed by atoms with van der Waals surface area (Å²) in [4.78, 5) is 2.26. The van der Waals surface area contributed by atoms with Crippen LogP contribution in [0.2, 0.25) is 0 Å². The third-order valence-electron chi connectivity index (χ3n) is 2.96. The molecule has 1 aliphatic rings. The van der Waals surface area contributed by atoms with E-state index in [4.69, 9.17) is 0 Å². The number of nitrogens with one attached hydrogen (secondary N) is 1. The van der Waals surface area contributed by atoms with Crippen molar-refractivity contribution in [3.8, 4) is 5.75 Å². The van der Waals surface area contributed by atoms with E-state index in [1.807, 2.05) is 18.2 Å². The normalized spacial score (nSPS) is 26.7. The fraction of sp³-hybridized carbons (Fsp3) is 0.500. The molecule has 2 unspecified atom stereocenters. The molecule has 82 valence electrons. The number of hydrogen-bond donors (Lipinski definition) is 2. The first-order chi connectivity index (χ1) is 7.18. The molecule has 0 amide bonds. The molecule has 1 saturated heterocycles. The Morgan fingerprint density at radius 3 is 2.80 bits per heavy atom. The summed E-state index contributed by atoms with van der Waals surface area (Å²) in [6.07, 6.45) is 0. The molecule has 0 spiro atoms. The van der Waals surface area contributed by atoms with Crippen LogP contribution in [0.15, 0.2) is 24.3 Å². The molecule has 2 N–H and O–H groups in total. The van der Waals surface area contributed by atoms with Crippen LogP contribution in [-0.4, -0.2) is 30.3 Å². The first-order valence-electron chi connectivity index (χ1n) is 5.46. The van der Waals surface area contributed by atoms with Crippen molar-refractivity contribution in [3.63, 3.8) is 0 Å². The quantitative estimate of drug-likeness (QED) is 0.732. The molecule has 15 heavy (non-hydrogen) atoms. The van der Waals surface area contributed by atoms with E-state index >= 15 is 0 Å². The van der Waals surface area contributed by atoms with Crippen molar-refractivity contribution in [2.24, 2.45) is 0 Å². The number of phenolic OH excluding ortho intramolecular Hbond substituents is 1. The first-order valence-corrected chi connectivity index (χ1v) is 5.46. The summed E-state index contributed by atoms with van der Waals surface area (Å²) in [7, 11) is 0. The number of rotatable bonds is 1. The van der Waals surface area contributed by atoms with Crippen LogP contribution in [0.3, 0.4) is 0 Å². The summed E-state index contributed by atoms with van der Waals surface area (Å²) in [5, 5.41) is 13.2. The van der Waals surface area contributed by atoms with Gasteiger partial charge in [-0.2, -0.15) is 0 Å². The predicted molar refractivity (Wildman–Crippen MR) is 62.4 cm³/mol. The molecule has 1 aliphatic heterocycles. The summed E-state index contributed by atoms with van der Waals surface area (Å²) in [5.41, 5.74) is 0.943. The standard InChI is InChI=1S/C12H18N2O/c1-9-8-14(10(2)7-13-9)11-5-3-4-6-12(11)15/h3-6,9-10,13,15H,7-8H2,1-2H3. The second kappa shape index (κ2) is 4.11. The van der Waals surface area contributed by atoms with E-state index in [0.29, 0.717) is 17.8 Å². The van der Waals surface area contributed by atoms with Crippen molar-refractivity contribution < 1.29 is 5.11 Å². The number of piperazine rings is 1. The van der Waals surface area contributed by atoms with Gasteiger partial charge >= 0.3 is 0 Å². The van der Waals surface area contributed by atoms with Gasteiger partial charge in [0.15, 0.2) is 0 Å². The van der Waals surface area contributed by atoms with E-state index in [1.54, 1.807) is 6.07 Å². The monoisotopic (exact) mass is 206 g/mol. The first kappa shape index (κ1) is 10.3. The van der Waals surface area contributed by atoms with E-state index < -0.39 is 0 Å². The highest BCUT2D eigenvalue weighted by Gasteiger charge is 2.23. The zero-order valence-corrected chi connectivity index (χ0v) is 9.27. The fourth-order valence-corrected chi connectivity index (χ4v) is 2.06. The molecule has 0 saturated carbocycles. The Kier molecular flexibility index (Phi) is 2.82. The molecule has 1 heterocycles. The molecule has 0 bridgehead atoms. The summed E-state index contributed by atoms with van der Waals surface area (Å²) < 4.78 is 0. The van der Waals surface area contributed by atoms with Crippen molar-refractivity contribution >= 4 is 5.69 Å². The second-order valence-electron chi connectivity index (χ2n) is 4.30. The Morgan fingerprint density at radius 2 is 2.07 bits per heavy atom. The highest BCUT2D eigenvalue weighted by Crippen LogP contribution is 2.29. The second-order valence-corrected chi connectivity index (χ2v) is 4.30. The van der Waals surface area contributed by atoms with Crippen LogP contribution in [0.1, 0.15) is 13.8 Å². The van der Waals surface area contributed by atoms with E-state index in [0.717, 1.165) is 18.8 Å². The Bertz CT molecular complexity index is 340. The SMILES string of the molecule is CC1CN(c2ccccc2O)C(C)CN1. The number of benzene rings is 1. The number of phenols is 1. The van der Waals surface area contributed by atoms with E-state index in [1.165, 1.54) is 0 Å². The van der Waals surface area contributed by atoms with Crippen LogP contribution in [0.5, 0.6) is 5.75 Å². The summed E-state index contributed by atoms with van der Waals surface area (Å²) in [5.74, 6) is 0.374. The van der Waals surface area contributed by atoms with Crippen molar-refractivity contribution in [1.29, 1.82) is 0 Å². The van der Waals surface area contributed by atoms with Gasteiger partial charge in [-0.15, -0.1) is 0 Å². The molecule has 2 rings (SSSR count). The molecular formula is C12H18N2O. The maximum Gasteiger partial charge on any atom is 0.138 e. The van der Waals surface area contributed by atoms with Crippen LogP contribution in [0.4, 0.5) is 5.69 Å². The van der Waals surface area contributed by atoms with Gasteiger partial charge in [0, 0.05) is 25.2 Å². The van der Waals surface area contributed by atoms with Crippen molar-refractivity contribution in [2.45, 2.75) is 25.9 Å². The van der Waals surface area contributed by atoms with E-state index in [-0.39, 0.29) is 0 Å². The number of anilines is 1. The smallest absolute Gasteiger partial charge is 0.138 e. The Balaban J connectivity index is 2.25. The minimum Gasteiger partial charge on any atom is -0.506 e. The maximum atomic E-state index is 9.80. The van der Waals surface area contributed by atoms with Crippen molar-refractivity contribution in [3.05, 3.63) is 24.3 Å². The average molecular weight is 206 g/mol. The molecule has 2 atom stereocenters. The van der Waals surface area contributed by atoms with E-state index in [9.17, 15) is 5.11 Å². The number of nitrogens with zero attached hydrogens (tertiary/aromatic N) is 1. The minimum absolute atomic E-state index is 0.374. The van der Waals surface area contributed by atoms with Crippen molar-refractivity contribution in [1.82, 2.24) is 5.32 Å². The molecule has 1 aromatic carbocycles. The summed E-state index contributed by atoms with van der Waals surface area (Å²) in [6.45, 7) is 6.25. The molecule has 3 nitrogen and oxygen atoms in total. The number of aromatic hydroxyl groups is 1. The van der Waals surface area contributed by atoms with Gasteiger partial charge in [0.05, 0.1) is 5.69 Å². The lowest BCUT2D eigenvalue weighted by molar-refractivity contribution is 0.415. The maximum absolute atomic E-state index is 9.80. The highest BCUT2D eigenvalue weighted by atomic mass is 16.3. The predicted octanol–water partition coefficient (Wildman–Crippen LogP) is 1.58. The van der Waals surface area contributed by atoms with Gasteiger partial charge in [-0.1, -0.05) is 12.1 Å². The van der Waals surface area contributed by atoms with Crippen LogP contribution >= 0.6 is 0 Å². The van der Waals surface area contributed by atoms with Crippen LogP contribution in [-0.2, 0) is 0 Å². The lowest BCUT2D eigenvalue weighted by Crippen LogP contribution is -2.54. The molecule has 1 aromatic rings. The van der Waals surface area contributed by atoms with Crippen LogP contribution in [0.25, 0.3) is 0 Å². The van der Waals surface area contributed by atoms with Gasteiger partial charge < -0.3 is 15.3 Å². The summed E-state index contributed by atoms with van der Waals surface area (Å²) in [6, 6.07) is 8.44. The lowest BCUT2D eigenvalue weighted by atomic mass is 10.1. The van der Waals surface area contributed by atoms with E-state index in [2.05, 4.69) is 24.1 Å². The van der Waals surface area contributed by atoms with Crippen LogP contribution in [0, 0.1) is 0 Å². The lowest BCUT2D eigenvalue weighted by Gasteiger charge is -2.39.